The van der Waals surface area contributed by atoms with Gasteiger partial charge in [-0.05, 0) is 18.6 Å². The van der Waals surface area contributed by atoms with Crippen molar-refractivity contribution in [1.82, 2.24) is 0 Å². The first-order valence-electron chi connectivity index (χ1n) is 4.85. The zero-order chi connectivity index (χ0) is 9.54. The first-order valence-corrected chi connectivity index (χ1v) is 4.85. The zero-order valence-corrected chi connectivity index (χ0v) is 7.69. The van der Waals surface area contributed by atoms with Crippen molar-refractivity contribution in [1.29, 1.82) is 0 Å². The molecule has 1 fully saturated rings. The highest BCUT2D eigenvalue weighted by atomic mass is 16.5. The van der Waals surface area contributed by atoms with E-state index in [1.807, 2.05) is 30.3 Å². The Balaban J connectivity index is 2.13. The maximum absolute atomic E-state index is 11.5. The number of fused-ring (bicyclic) bond motifs is 2. The summed E-state index contributed by atoms with van der Waals surface area (Å²) < 4.78 is 5.74. The van der Waals surface area contributed by atoms with Crippen molar-refractivity contribution in [2.75, 3.05) is 0 Å². The fraction of sp³-hybridized carbons (Fsp3) is 0.250. The number of Topliss-reactive ketones (excluding diaryl/α,β-unsaturated/α-hetero) is 1. The summed E-state index contributed by atoms with van der Waals surface area (Å²) in [6, 6.07) is 7.84. The van der Waals surface area contributed by atoms with Crippen LogP contribution in [0.5, 0.6) is 5.75 Å². The summed E-state index contributed by atoms with van der Waals surface area (Å²) in [5, 5.41) is 0. The molecule has 2 aliphatic rings. The Labute approximate surface area is 82.2 Å². The largest absolute Gasteiger partial charge is 0.485 e. The maximum atomic E-state index is 11.5. The molecule has 70 valence electrons. The summed E-state index contributed by atoms with van der Waals surface area (Å²) >= 11 is 0. The van der Waals surface area contributed by atoms with E-state index < -0.39 is 0 Å². The van der Waals surface area contributed by atoms with Crippen LogP contribution in [0.25, 0.3) is 6.08 Å². The summed E-state index contributed by atoms with van der Waals surface area (Å²) in [4.78, 5) is 11.5. The van der Waals surface area contributed by atoms with E-state index in [0.717, 1.165) is 23.3 Å². The van der Waals surface area contributed by atoms with Gasteiger partial charge in [-0.2, -0.15) is 0 Å². The first kappa shape index (κ1) is 7.80. The van der Waals surface area contributed by atoms with E-state index in [-0.39, 0.29) is 11.9 Å². The van der Waals surface area contributed by atoms with Gasteiger partial charge in [0.1, 0.15) is 11.9 Å². The second-order valence-corrected chi connectivity index (χ2v) is 3.71. The Morgan fingerprint density at radius 2 is 2.14 bits per heavy atom. The number of carbonyl (C=O) groups excluding carboxylic acids is 1. The second-order valence-electron chi connectivity index (χ2n) is 3.71. The summed E-state index contributed by atoms with van der Waals surface area (Å²) in [6.45, 7) is 0. The molecule has 1 aromatic carbocycles. The Morgan fingerprint density at radius 3 is 3.07 bits per heavy atom. The molecule has 1 aliphatic heterocycles. The third-order valence-corrected chi connectivity index (χ3v) is 2.80. The van der Waals surface area contributed by atoms with Crippen LogP contribution < -0.4 is 4.74 Å². The third-order valence-electron chi connectivity index (χ3n) is 2.80. The Morgan fingerprint density at radius 1 is 1.29 bits per heavy atom. The lowest BCUT2D eigenvalue weighted by Crippen LogP contribution is -2.19. The molecule has 0 N–H and O–H groups in total. The Hall–Kier alpha value is -1.57. The molecule has 1 unspecified atom stereocenters. The average Bonchev–Trinajstić information content (AvgIpc) is 2.57. The molecule has 0 amide bonds. The molecule has 2 heteroatoms. The van der Waals surface area contributed by atoms with Gasteiger partial charge in [0, 0.05) is 17.6 Å². The van der Waals surface area contributed by atoms with Crippen LogP contribution in [0.1, 0.15) is 18.4 Å². The van der Waals surface area contributed by atoms with Gasteiger partial charge in [0.2, 0.25) is 0 Å². The highest BCUT2D eigenvalue weighted by Gasteiger charge is 2.33. The van der Waals surface area contributed by atoms with Gasteiger partial charge < -0.3 is 4.74 Å². The number of ketones is 1. The minimum atomic E-state index is 0.0115. The predicted molar refractivity (Wildman–Crippen MR) is 53.1 cm³/mol. The lowest BCUT2D eigenvalue weighted by molar-refractivity contribution is -0.114. The van der Waals surface area contributed by atoms with Gasteiger partial charge in [0.25, 0.3) is 0 Å². The van der Waals surface area contributed by atoms with Crippen molar-refractivity contribution in [3.63, 3.8) is 0 Å². The van der Waals surface area contributed by atoms with E-state index in [1.54, 1.807) is 0 Å². The normalized spacial score (nSPS) is 23.6. The van der Waals surface area contributed by atoms with E-state index in [1.165, 1.54) is 0 Å². The molecule has 1 heterocycles. The van der Waals surface area contributed by atoms with E-state index in [2.05, 4.69) is 0 Å². The van der Waals surface area contributed by atoms with Crippen molar-refractivity contribution >= 4 is 11.9 Å². The molecule has 0 saturated heterocycles. The van der Waals surface area contributed by atoms with Crippen molar-refractivity contribution in [2.45, 2.75) is 18.9 Å². The fourth-order valence-electron chi connectivity index (χ4n) is 2.07. The minimum absolute atomic E-state index is 0.0115. The number of hydrogen-bond donors (Lipinski definition) is 0. The predicted octanol–water partition coefficient (Wildman–Crippen LogP) is 2.19. The third kappa shape index (κ3) is 1.00. The minimum Gasteiger partial charge on any atom is -0.485 e. The smallest absolute Gasteiger partial charge is 0.162 e. The van der Waals surface area contributed by atoms with Crippen LogP contribution >= 0.6 is 0 Å². The summed E-state index contributed by atoms with van der Waals surface area (Å²) in [6.07, 6.45) is 3.44. The summed E-state index contributed by atoms with van der Waals surface area (Å²) in [7, 11) is 0. The Bertz CT molecular complexity index is 432. The molecule has 0 aromatic heterocycles. The van der Waals surface area contributed by atoms with Crippen LogP contribution in [0, 0.1) is 0 Å². The molecule has 1 atom stereocenters. The molecule has 14 heavy (non-hydrogen) atoms. The van der Waals surface area contributed by atoms with Crippen LogP contribution in [0.3, 0.4) is 0 Å². The van der Waals surface area contributed by atoms with Crippen LogP contribution in [-0.2, 0) is 4.79 Å². The summed E-state index contributed by atoms with van der Waals surface area (Å²) in [5.74, 6) is 1.14. The van der Waals surface area contributed by atoms with Gasteiger partial charge in [-0.3, -0.25) is 4.79 Å². The van der Waals surface area contributed by atoms with Crippen LogP contribution in [-0.4, -0.2) is 11.9 Å². The molecular weight excluding hydrogens is 176 g/mol. The second kappa shape index (κ2) is 2.71. The number of carbonyl (C=O) groups is 1. The average molecular weight is 186 g/mol. The number of benzene rings is 1. The van der Waals surface area contributed by atoms with Gasteiger partial charge in [-0.25, -0.2) is 0 Å². The SMILES string of the molecule is O=C1CCC2Oc3ccccc3C=C12. The van der Waals surface area contributed by atoms with Crippen LogP contribution in [0.15, 0.2) is 29.8 Å². The van der Waals surface area contributed by atoms with Crippen molar-refractivity contribution in [2.24, 2.45) is 0 Å². The van der Waals surface area contributed by atoms with Crippen LogP contribution in [0.4, 0.5) is 0 Å². The van der Waals surface area contributed by atoms with Gasteiger partial charge >= 0.3 is 0 Å². The van der Waals surface area contributed by atoms with Gasteiger partial charge in [-0.1, -0.05) is 18.2 Å². The molecule has 0 radical (unpaired) electrons. The molecule has 1 aromatic rings. The molecule has 1 saturated carbocycles. The monoisotopic (exact) mass is 186 g/mol. The van der Waals surface area contributed by atoms with E-state index >= 15 is 0 Å². The molecule has 0 bridgehead atoms. The van der Waals surface area contributed by atoms with Gasteiger partial charge in [0.15, 0.2) is 5.78 Å². The van der Waals surface area contributed by atoms with Gasteiger partial charge in [-0.15, -0.1) is 0 Å². The van der Waals surface area contributed by atoms with Crippen LogP contribution in [0.2, 0.25) is 0 Å². The van der Waals surface area contributed by atoms with Crippen molar-refractivity contribution < 1.29 is 9.53 Å². The molecular formula is C12H10O2. The van der Waals surface area contributed by atoms with Crippen molar-refractivity contribution in [3.05, 3.63) is 35.4 Å². The van der Waals surface area contributed by atoms with E-state index in [9.17, 15) is 4.79 Å². The lowest BCUT2D eigenvalue weighted by atomic mass is 10.0. The molecule has 3 rings (SSSR count). The number of ether oxygens (including phenoxy) is 1. The zero-order valence-electron chi connectivity index (χ0n) is 7.69. The lowest BCUT2D eigenvalue weighted by Gasteiger charge is -2.21. The first-order chi connectivity index (χ1) is 6.84. The van der Waals surface area contributed by atoms with E-state index in [0.29, 0.717) is 6.42 Å². The topological polar surface area (TPSA) is 26.3 Å². The standard InChI is InChI=1S/C12H10O2/c13-10-5-6-12-9(10)7-8-3-1-2-4-11(8)14-12/h1-4,7,12H,5-6H2. The van der Waals surface area contributed by atoms with Gasteiger partial charge in [0.05, 0.1) is 0 Å². The molecule has 0 spiro atoms. The number of para-hydroxylation sites is 1. The van der Waals surface area contributed by atoms with E-state index in [4.69, 9.17) is 4.74 Å². The highest BCUT2D eigenvalue weighted by Crippen LogP contribution is 2.35. The maximum Gasteiger partial charge on any atom is 0.162 e. The fourth-order valence-corrected chi connectivity index (χ4v) is 2.07. The number of hydrogen-bond acceptors (Lipinski definition) is 2. The Kier molecular flexibility index (Phi) is 1.51. The highest BCUT2D eigenvalue weighted by molar-refractivity contribution is 6.03. The molecule has 2 nitrogen and oxygen atoms in total. The van der Waals surface area contributed by atoms with Crippen molar-refractivity contribution in [3.8, 4) is 5.75 Å². The summed E-state index contributed by atoms with van der Waals surface area (Å²) in [5.41, 5.74) is 1.87. The molecule has 1 aliphatic carbocycles. The number of rotatable bonds is 0. The quantitative estimate of drug-likeness (QED) is 0.620.